The van der Waals surface area contributed by atoms with Crippen LogP contribution in [0.2, 0.25) is 0 Å². The fraction of sp³-hybridized carbons (Fsp3) is 0.318. The van der Waals surface area contributed by atoms with Gasteiger partial charge in [-0.05, 0) is 25.0 Å². The predicted molar refractivity (Wildman–Crippen MR) is 115 cm³/mol. The average Bonchev–Trinajstić information content (AvgIpc) is 3.60. The number of nitrogens with zero attached hydrogens (tertiary/aromatic N) is 5. The zero-order valence-corrected chi connectivity index (χ0v) is 17.5. The standard InChI is InChI=1S/C22H21F2N7O2/c23-20(24)16-8-4-7-15(27-16)19-17(11-31(30-19)14-5-2-1-3-6-14)28-21(32)18-12-33-22(29-18)13-9-25-26-10-13/h4,7-12,14,20H,1-3,5-6H2,(H,25,26)(H,28,32). The number of halogens is 2. The molecule has 0 aromatic carbocycles. The number of carbonyl (C=O) groups is 1. The third-order valence-corrected chi connectivity index (χ3v) is 5.65. The van der Waals surface area contributed by atoms with E-state index in [0.717, 1.165) is 25.7 Å². The second kappa shape index (κ2) is 8.93. The Balaban J connectivity index is 1.47. The Morgan fingerprint density at radius 1 is 1.21 bits per heavy atom. The second-order valence-electron chi connectivity index (χ2n) is 7.89. The number of amides is 1. The lowest BCUT2D eigenvalue weighted by atomic mass is 9.96. The van der Waals surface area contributed by atoms with Gasteiger partial charge < -0.3 is 9.73 Å². The fourth-order valence-corrected chi connectivity index (χ4v) is 3.97. The number of alkyl halides is 2. The molecule has 1 aliphatic rings. The van der Waals surface area contributed by atoms with Gasteiger partial charge in [0.2, 0.25) is 5.89 Å². The van der Waals surface area contributed by atoms with Gasteiger partial charge in [-0.3, -0.25) is 14.6 Å². The molecule has 11 heteroatoms. The smallest absolute Gasteiger partial charge is 0.280 e. The monoisotopic (exact) mass is 453 g/mol. The first-order chi connectivity index (χ1) is 16.1. The first kappa shape index (κ1) is 21.0. The van der Waals surface area contributed by atoms with E-state index < -0.39 is 12.3 Å². The summed E-state index contributed by atoms with van der Waals surface area (Å²) >= 11 is 0. The number of aromatic nitrogens is 6. The molecule has 170 valence electrons. The molecule has 0 aliphatic heterocycles. The minimum Gasteiger partial charge on any atom is -0.444 e. The highest BCUT2D eigenvalue weighted by Gasteiger charge is 2.23. The quantitative estimate of drug-likeness (QED) is 0.424. The van der Waals surface area contributed by atoms with E-state index >= 15 is 0 Å². The van der Waals surface area contributed by atoms with E-state index in [4.69, 9.17) is 4.42 Å². The summed E-state index contributed by atoms with van der Waals surface area (Å²) < 4.78 is 33.6. The molecule has 2 N–H and O–H groups in total. The van der Waals surface area contributed by atoms with E-state index in [0.29, 0.717) is 16.9 Å². The van der Waals surface area contributed by atoms with E-state index in [1.165, 1.54) is 31.0 Å². The van der Waals surface area contributed by atoms with Gasteiger partial charge in [0, 0.05) is 12.4 Å². The van der Waals surface area contributed by atoms with Crippen molar-refractivity contribution in [2.45, 2.75) is 44.6 Å². The molecule has 9 nitrogen and oxygen atoms in total. The molecule has 33 heavy (non-hydrogen) atoms. The van der Waals surface area contributed by atoms with Crippen molar-refractivity contribution in [1.29, 1.82) is 0 Å². The van der Waals surface area contributed by atoms with E-state index in [2.05, 4.69) is 30.6 Å². The van der Waals surface area contributed by atoms with Gasteiger partial charge in [0.1, 0.15) is 17.7 Å². The summed E-state index contributed by atoms with van der Waals surface area (Å²) in [6, 6.07) is 4.55. The van der Waals surface area contributed by atoms with Gasteiger partial charge in [-0.2, -0.15) is 10.2 Å². The van der Waals surface area contributed by atoms with Gasteiger partial charge >= 0.3 is 0 Å². The number of rotatable bonds is 6. The Morgan fingerprint density at radius 2 is 2.06 bits per heavy atom. The van der Waals surface area contributed by atoms with E-state index in [9.17, 15) is 13.6 Å². The summed E-state index contributed by atoms with van der Waals surface area (Å²) in [6.45, 7) is 0. The van der Waals surface area contributed by atoms with Crippen LogP contribution in [0.25, 0.3) is 22.8 Å². The molecule has 0 unspecified atom stereocenters. The molecule has 0 spiro atoms. The zero-order chi connectivity index (χ0) is 22.8. The van der Waals surface area contributed by atoms with Crippen molar-refractivity contribution in [3.63, 3.8) is 0 Å². The second-order valence-corrected chi connectivity index (χ2v) is 7.89. The van der Waals surface area contributed by atoms with Crippen LogP contribution in [0.4, 0.5) is 14.5 Å². The number of anilines is 1. The SMILES string of the molecule is O=C(Nc1cn(C2CCCCC2)nc1-c1cccc(C(F)F)n1)c1coc(-c2cn[nH]c2)n1. The summed E-state index contributed by atoms with van der Waals surface area (Å²) in [7, 11) is 0. The van der Waals surface area contributed by atoms with Crippen molar-refractivity contribution >= 4 is 11.6 Å². The minimum atomic E-state index is -2.71. The number of nitrogens with one attached hydrogen (secondary N) is 2. The molecule has 0 radical (unpaired) electrons. The zero-order valence-electron chi connectivity index (χ0n) is 17.5. The van der Waals surface area contributed by atoms with Crippen molar-refractivity contribution < 1.29 is 18.0 Å². The highest BCUT2D eigenvalue weighted by Crippen LogP contribution is 2.33. The first-order valence-corrected chi connectivity index (χ1v) is 10.7. The van der Waals surface area contributed by atoms with Crippen molar-refractivity contribution in [3.05, 3.63) is 54.4 Å². The summed E-state index contributed by atoms with van der Waals surface area (Å²) in [5, 5.41) is 13.9. The maximum atomic E-state index is 13.2. The number of aromatic amines is 1. The van der Waals surface area contributed by atoms with Crippen LogP contribution < -0.4 is 5.32 Å². The van der Waals surface area contributed by atoms with E-state index in [1.54, 1.807) is 23.1 Å². The van der Waals surface area contributed by atoms with Crippen molar-refractivity contribution in [2.24, 2.45) is 0 Å². The lowest BCUT2D eigenvalue weighted by Crippen LogP contribution is -2.14. The van der Waals surface area contributed by atoms with Gasteiger partial charge in [0.15, 0.2) is 5.69 Å². The molecule has 1 aliphatic carbocycles. The van der Waals surface area contributed by atoms with Crippen molar-refractivity contribution in [1.82, 2.24) is 29.9 Å². The van der Waals surface area contributed by atoms with Gasteiger partial charge in [0.05, 0.1) is 29.2 Å². The Hall–Kier alpha value is -3.89. The molecule has 1 saturated carbocycles. The van der Waals surface area contributed by atoms with Crippen LogP contribution in [0.5, 0.6) is 0 Å². The number of oxazole rings is 1. The lowest BCUT2D eigenvalue weighted by molar-refractivity contribution is 0.102. The van der Waals surface area contributed by atoms with Gasteiger partial charge in [-0.15, -0.1) is 0 Å². The van der Waals surface area contributed by atoms with Crippen LogP contribution in [-0.2, 0) is 0 Å². The highest BCUT2D eigenvalue weighted by atomic mass is 19.3. The molecule has 5 rings (SSSR count). The topological polar surface area (TPSA) is 115 Å². The van der Waals surface area contributed by atoms with Gasteiger partial charge in [0.25, 0.3) is 12.3 Å². The molecule has 4 heterocycles. The number of hydrogen-bond acceptors (Lipinski definition) is 6. The maximum absolute atomic E-state index is 13.2. The van der Waals surface area contributed by atoms with Gasteiger partial charge in [-0.25, -0.2) is 18.7 Å². The minimum absolute atomic E-state index is 0.0665. The predicted octanol–water partition coefficient (Wildman–Crippen LogP) is 5.02. The number of carbonyl (C=O) groups excluding carboxylic acids is 1. The average molecular weight is 453 g/mol. The van der Waals surface area contributed by atoms with Crippen LogP contribution in [0.3, 0.4) is 0 Å². The van der Waals surface area contributed by atoms with Crippen LogP contribution in [0, 0.1) is 0 Å². The first-order valence-electron chi connectivity index (χ1n) is 10.7. The molecule has 1 amide bonds. The molecule has 0 atom stereocenters. The molecule has 4 aromatic rings. The van der Waals surface area contributed by atoms with Crippen LogP contribution in [-0.4, -0.2) is 35.9 Å². The molecule has 1 fully saturated rings. The van der Waals surface area contributed by atoms with Crippen molar-refractivity contribution in [3.8, 4) is 22.8 Å². The third kappa shape index (κ3) is 4.38. The van der Waals surface area contributed by atoms with Crippen molar-refractivity contribution in [2.75, 3.05) is 5.32 Å². The molecule has 0 saturated heterocycles. The summed E-state index contributed by atoms with van der Waals surface area (Å²) in [4.78, 5) is 21.2. The fourth-order valence-electron chi connectivity index (χ4n) is 3.97. The molecular weight excluding hydrogens is 432 g/mol. The maximum Gasteiger partial charge on any atom is 0.280 e. The lowest BCUT2D eigenvalue weighted by Gasteiger charge is -2.21. The van der Waals surface area contributed by atoms with Gasteiger partial charge in [-0.1, -0.05) is 25.3 Å². The molecule has 4 aromatic heterocycles. The number of hydrogen-bond donors (Lipinski definition) is 2. The Morgan fingerprint density at radius 3 is 2.82 bits per heavy atom. The Kier molecular flexibility index (Phi) is 5.68. The molecular formula is C22H21F2N7O2. The van der Waals surface area contributed by atoms with Crippen LogP contribution in [0.15, 0.2) is 47.5 Å². The number of H-pyrrole nitrogens is 1. The van der Waals surface area contributed by atoms with Crippen LogP contribution in [0.1, 0.15) is 60.8 Å². The summed E-state index contributed by atoms with van der Waals surface area (Å²) in [6.07, 6.45) is 8.70. The number of pyridine rings is 1. The Bertz CT molecular complexity index is 1240. The van der Waals surface area contributed by atoms with E-state index in [1.807, 2.05) is 0 Å². The normalized spacial score (nSPS) is 14.6. The van der Waals surface area contributed by atoms with Crippen LogP contribution >= 0.6 is 0 Å². The third-order valence-electron chi connectivity index (χ3n) is 5.65. The highest BCUT2D eigenvalue weighted by molar-refractivity contribution is 6.04. The summed E-state index contributed by atoms with van der Waals surface area (Å²) in [5.41, 5.74) is 1.28. The Labute approximate surface area is 187 Å². The summed E-state index contributed by atoms with van der Waals surface area (Å²) in [5.74, 6) is -0.263. The molecule has 0 bridgehead atoms. The van der Waals surface area contributed by atoms with E-state index in [-0.39, 0.29) is 29.0 Å². The largest absolute Gasteiger partial charge is 0.444 e.